The lowest BCUT2D eigenvalue weighted by Crippen LogP contribution is -2.21. The standard InChI is InChI=1S/C21H20N4O2/c1-11(2)19-18-17(15(10-22)20(23)27-21(18)25-24-19)14-8-9-16(26-3)13-7-5-4-6-12(13)14/h4-9,11,17H,23H2,1-3H3,(H,24,25)/t17-/m0/s1. The maximum absolute atomic E-state index is 9.84. The highest BCUT2D eigenvalue weighted by molar-refractivity contribution is 5.92. The molecule has 1 aromatic heterocycles. The average molecular weight is 360 g/mol. The number of hydrogen-bond donors (Lipinski definition) is 2. The first kappa shape index (κ1) is 17.0. The Labute approximate surface area is 157 Å². The second kappa shape index (κ2) is 6.36. The first-order chi connectivity index (χ1) is 13.1. The number of methoxy groups -OCH3 is 1. The van der Waals surface area contributed by atoms with Gasteiger partial charge in [-0.1, -0.05) is 44.2 Å². The minimum absolute atomic E-state index is 0.0942. The van der Waals surface area contributed by atoms with E-state index in [2.05, 4.69) is 30.1 Å². The molecule has 1 atom stereocenters. The highest BCUT2D eigenvalue weighted by Crippen LogP contribution is 2.47. The molecular weight excluding hydrogens is 340 g/mol. The molecular formula is C21H20N4O2. The van der Waals surface area contributed by atoms with E-state index in [0.717, 1.165) is 33.3 Å². The second-order valence-electron chi connectivity index (χ2n) is 6.84. The lowest BCUT2D eigenvalue weighted by molar-refractivity contribution is 0.378. The van der Waals surface area contributed by atoms with E-state index in [1.807, 2.05) is 36.4 Å². The van der Waals surface area contributed by atoms with E-state index in [4.69, 9.17) is 15.2 Å². The van der Waals surface area contributed by atoms with Crippen LogP contribution in [0.1, 0.15) is 42.5 Å². The van der Waals surface area contributed by atoms with Gasteiger partial charge in [0.15, 0.2) is 0 Å². The Balaban J connectivity index is 2.06. The molecule has 4 rings (SSSR count). The zero-order chi connectivity index (χ0) is 19.1. The molecule has 3 aromatic rings. The first-order valence-electron chi connectivity index (χ1n) is 8.78. The third-order valence-corrected chi connectivity index (χ3v) is 4.99. The topological polar surface area (TPSA) is 96.9 Å². The number of nitrogens with one attached hydrogen (secondary N) is 1. The predicted octanol–water partition coefficient (Wildman–Crippen LogP) is 3.91. The van der Waals surface area contributed by atoms with Gasteiger partial charge in [0.1, 0.15) is 17.4 Å². The third-order valence-electron chi connectivity index (χ3n) is 4.99. The van der Waals surface area contributed by atoms with Crippen LogP contribution >= 0.6 is 0 Å². The van der Waals surface area contributed by atoms with Gasteiger partial charge in [0.05, 0.1) is 18.6 Å². The van der Waals surface area contributed by atoms with E-state index in [9.17, 15) is 5.26 Å². The van der Waals surface area contributed by atoms with Gasteiger partial charge >= 0.3 is 0 Å². The molecule has 0 radical (unpaired) electrons. The van der Waals surface area contributed by atoms with Crippen LogP contribution in [0, 0.1) is 11.3 Å². The molecule has 0 spiro atoms. The molecule has 2 heterocycles. The number of ether oxygens (including phenoxy) is 2. The van der Waals surface area contributed by atoms with Crippen LogP contribution in [0.5, 0.6) is 11.6 Å². The summed E-state index contributed by atoms with van der Waals surface area (Å²) in [5.41, 5.74) is 9.24. The van der Waals surface area contributed by atoms with Gasteiger partial charge < -0.3 is 15.2 Å². The summed E-state index contributed by atoms with van der Waals surface area (Å²) >= 11 is 0. The Morgan fingerprint density at radius 1 is 1.22 bits per heavy atom. The number of benzene rings is 2. The zero-order valence-electron chi connectivity index (χ0n) is 15.4. The van der Waals surface area contributed by atoms with Crippen LogP contribution in [-0.2, 0) is 0 Å². The van der Waals surface area contributed by atoms with E-state index in [0.29, 0.717) is 11.5 Å². The summed E-state index contributed by atoms with van der Waals surface area (Å²) in [6.45, 7) is 4.15. The number of H-pyrrole nitrogens is 1. The van der Waals surface area contributed by atoms with Crippen LogP contribution in [0.3, 0.4) is 0 Å². The number of allylic oxidation sites excluding steroid dienone is 1. The minimum Gasteiger partial charge on any atom is -0.496 e. The summed E-state index contributed by atoms with van der Waals surface area (Å²) < 4.78 is 11.2. The lowest BCUT2D eigenvalue weighted by atomic mass is 9.80. The van der Waals surface area contributed by atoms with Gasteiger partial charge in [0.2, 0.25) is 11.8 Å². The summed E-state index contributed by atoms with van der Waals surface area (Å²) in [6.07, 6.45) is 0. The largest absolute Gasteiger partial charge is 0.496 e. The van der Waals surface area contributed by atoms with Gasteiger partial charge in [0, 0.05) is 11.1 Å². The summed E-state index contributed by atoms with van der Waals surface area (Å²) in [5, 5.41) is 19.2. The predicted molar refractivity (Wildman–Crippen MR) is 102 cm³/mol. The summed E-state index contributed by atoms with van der Waals surface area (Å²) in [7, 11) is 1.65. The van der Waals surface area contributed by atoms with Crippen molar-refractivity contribution in [3.63, 3.8) is 0 Å². The maximum Gasteiger partial charge on any atom is 0.244 e. The third kappa shape index (κ3) is 2.51. The van der Waals surface area contributed by atoms with Crippen molar-refractivity contribution in [3.8, 4) is 17.7 Å². The molecule has 1 aliphatic rings. The fourth-order valence-corrected chi connectivity index (χ4v) is 3.74. The number of nitrogens with zero attached hydrogens (tertiary/aromatic N) is 2. The monoisotopic (exact) mass is 360 g/mol. The van der Waals surface area contributed by atoms with Gasteiger partial charge in [-0.3, -0.25) is 5.10 Å². The number of rotatable bonds is 3. The number of aromatic amines is 1. The molecule has 6 heteroatoms. The van der Waals surface area contributed by atoms with Gasteiger partial charge in [0.25, 0.3) is 0 Å². The maximum atomic E-state index is 9.84. The molecule has 6 nitrogen and oxygen atoms in total. The Kier molecular flexibility index (Phi) is 4.00. The molecule has 0 aliphatic carbocycles. The van der Waals surface area contributed by atoms with Gasteiger partial charge in [-0.25, -0.2) is 0 Å². The van der Waals surface area contributed by atoms with Crippen LogP contribution in [0.4, 0.5) is 0 Å². The summed E-state index contributed by atoms with van der Waals surface area (Å²) in [4.78, 5) is 0. The fraction of sp³-hybridized carbons (Fsp3) is 0.238. The zero-order valence-corrected chi connectivity index (χ0v) is 15.4. The quantitative estimate of drug-likeness (QED) is 0.738. The molecule has 0 unspecified atom stereocenters. The normalized spacial score (nSPS) is 16.2. The van der Waals surface area contributed by atoms with E-state index < -0.39 is 0 Å². The lowest BCUT2D eigenvalue weighted by Gasteiger charge is -2.26. The van der Waals surface area contributed by atoms with Crippen molar-refractivity contribution in [2.75, 3.05) is 7.11 Å². The van der Waals surface area contributed by atoms with E-state index in [1.54, 1.807) is 7.11 Å². The van der Waals surface area contributed by atoms with Crippen molar-refractivity contribution >= 4 is 10.8 Å². The number of nitrogens with two attached hydrogens (primary N) is 1. The molecule has 3 N–H and O–H groups in total. The van der Waals surface area contributed by atoms with E-state index in [-0.39, 0.29) is 17.7 Å². The second-order valence-corrected chi connectivity index (χ2v) is 6.84. The first-order valence-corrected chi connectivity index (χ1v) is 8.78. The van der Waals surface area contributed by atoms with Crippen LogP contribution in [0.2, 0.25) is 0 Å². The van der Waals surface area contributed by atoms with Crippen molar-refractivity contribution in [1.29, 1.82) is 5.26 Å². The molecule has 0 fully saturated rings. The van der Waals surface area contributed by atoms with E-state index in [1.165, 1.54) is 0 Å². The van der Waals surface area contributed by atoms with Crippen molar-refractivity contribution in [2.45, 2.75) is 25.7 Å². The average Bonchev–Trinajstić information content (AvgIpc) is 3.09. The van der Waals surface area contributed by atoms with Crippen LogP contribution in [0.15, 0.2) is 47.9 Å². The van der Waals surface area contributed by atoms with Crippen LogP contribution in [-0.4, -0.2) is 17.3 Å². The molecule has 0 saturated carbocycles. The van der Waals surface area contributed by atoms with Crippen molar-refractivity contribution < 1.29 is 9.47 Å². The smallest absolute Gasteiger partial charge is 0.244 e. The molecule has 27 heavy (non-hydrogen) atoms. The van der Waals surface area contributed by atoms with Crippen LogP contribution < -0.4 is 15.2 Å². The highest BCUT2D eigenvalue weighted by Gasteiger charge is 2.36. The minimum atomic E-state index is -0.356. The fourth-order valence-electron chi connectivity index (χ4n) is 3.74. The van der Waals surface area contributed by atoms with Crippen LogP contribution in [0.25, 0.3) is 10.8 Å². The van der Waals surface area contributed by atoms with Gasteiger partial charge in [-0.2, -0.15) is 5.26 Å². The van der Waals surface area contributed by atoms with Gasteiger partial charge in [-0.05, 0) is 22.9 Å². The summed E-state index contributed by atoms with van der Waals surface area (Å²) in [5.74, 6) is 1.15. The molecule has 0 saturated heterocycles. The van der Waals surface area contributed by atoms with E-state index >= 15 is 0 Å². The number of fused-ring (bicyclic) bond motifs is 2. The summed E-state index contributed by atoms with van der Waals surface area (Å²) in [6, 6.07) is 14.1. The Bertz CT molecular complexity index is 1110. The molecule has 0 amide bonds. The molecule has 2 aromatic carbocycles. The number of hydrogen-bond acceptors (Lipinski definition) is 5. The Morgan fingerprint density at radius 3 is 2.63 bits per heavy atom. The van der Waals surface area contributed by atoms with Crippen molar-refractivity contribution in [1.82, 2.24) is 10.2 Å². The highest BCUT2D eigenvalue weighted by atomic mass is 16.5. The molecule has 0 bridgehead atoms. The Hall–Kier alpha value is -3.46. The van der Waals surface area contributed by atoms with Gasteiger partial charge in [-0.15, -0.1) is 5.10 Å². The molecule has 136 valence electrons. The SMILES string of the molecule is COc1ccc([C@H]2C(C#N)=C(N)Oc3n[nH]c(C(C)C)c32)c2ccccc12. The Morgan fingerprint density at radius 2 is 1.96 bits per heavy atom. The number of nitriles is 1. The van der Waals surface area contributed by atoms with Crippen molar-refractivity contribution in [3.05, 3.63) is 64.7 Å². The number of aromatic nitrogens is 2. The molecule has 1 aliphatic heterocycles. The van der Waals surface area contributed by atoms with Crippen molar-refractivity contribution in [2.24, 2.45) is 5.73 Å².